The molecule has 0 fully saturated rings. The van der Waals surface area contributed by atoms with Gasteiger partial charge in [0.05, 0.1) is 5.56 Å². The van der Waals surface area contributed by atoms with E-state index in [1.54, 1.807) is 0 Å². The van der Waals surface area contributed by atoms with Gasteiger partial charge in [0.1, 0.15) is 5.82 Å². The zero-order chi connectivity index (χ0) is 10.7. The fourth-order valence-electron chi connectivity index (χ4n) is 1.13. The summed E-state index contributed by atoms with van der Waals surface area (Å²) in [6.07, 6.45) is 0. The van der Waals surface area contributed by atoms with Crippen LogP contribution in [0.3, 0.4) is 0 Å². The maximum Gasteiger partial charge on any atom is 0.337 e. The Morgan fingerprint density at radius 1 is 1.50 bits per heavy atom. The average molecular weight is 197 g/mol. The lowest BCUT2D eigenvalue weighted by Gasteiger charge is -2.12. The minimum Gasteiger partial charge on any atom is -0.478 e. The van der Waals surface area contributed by atoms with Gasteiger partial charge in [-0.3, -0.25) is 0 Å². The molecule has 0 atom stereocenters. The van der Waals surface area contributed by atoms with Crippen molar-refractivity contribution >= 4 is 11.7 Å². The molecular formula is C10H12FNO2. The molecule has 1 aromatic carbocycles. The first-order valence-corrected chi connectivity index (χ1v) is 4.30. The molecule has 0 bridgehead atoms. The third-order valence-corrected chi connectivity index (χ3v) is 1.66. The molecule has 0 unspecified atom stereocenters. The van der Waals surface area contributed by atoms with Crippen LogP contribution in [-0.4, -0.2) is 17.1 Å². The predicted octanol–water partition coefficient (Wildman–Crippen LogP) is 2.34. The molecule has 0 aliphatic heterocycles. The number of carboxylic acids is 1. The molecule has 14 heavy (non-hydrogen) atoms. The summed E-state index contributed by atoms with van der Waals surface area (Å²) in [6.45, 7) is 3.77. The summed E-state index contributed by atoms with van der Waals surface area (Å²) < 4.78 is 12.8. The second kappa shape index (κ2) is 4.09. The van der Waals surface area contributed by atoms with Gasteiger partial charge in [-0.1, -0.05) is 0 Å². The quantitative estimate of drug-likeness (QED) is 0.781. The summed E-state index contributed by atoms with van der Waals surface area (Å²) in [4.78, 5) is 10.7. The van der Waals surface area contributed by atoms with Gasteiger partial charge in [0, 0.05) is 11.7 Å². The first kappa shape index (κ1) is 10.5. The van der Waals surface area contributed by atoms with Gasteiger partial charge in [0.25, 0.3) is 0 Å². The van der Waals surface area contributed by atoms with E-state index < -0.39 is 11.8 Å². The Labute approximate surface area is 81.6 Å². The normalized spacial score (nSPS) is 10.3. The van der Waals surface area contributed by atoms with Crippen molar-refractivity contribution in [2.45, 2.75) is 19.9 Å². The lowest BCUT2D eigenvalue weighted by Crippen LogP contribution is -2.13. The van der Waals surface area contributed by atoms with Crippen molar-refractivity contribution in [2.75, 3.05) is 5.32 Å². The van der Waals surface area contributed by atoms with Crippen LogP contribution in [0.4, 0.5) is 10.1 Å². The molecule has 0 spiro atoms. The van der Waals surface area contributed by atoms with Crippen LogP contribution in [0.1, 0.15) is 24.2 Å². The van der Waals surface area contributed by atoms with Crippen LogP contribution >= 0.6 is 0 Å². The molecule has 0 radical (unpaired) electrons. The van der Waals surface area contributed by atoms with Crippen molar-refractivity contribution in [1.82, 2.24) is 0 Å². The van der Waals surface area contributed by atoms with Crippen LogP contribution in [-0.2, 0) is 0 Å². The average Bonchev–Trinajstić information content (AvgIpc) is 2.07. The maximum absolute atomic E-state index is 12.8. The summed E-state index contributed by atoms with van der Waals surface area (Å²) in [5.74, 6) is -1.68. The van der Waals surface area contributed by atoms with Gasteiger partial charge >= 0.3 is 5.97 Å². The molecule has 1 aromatic rings. The van der Waals surface area contributed by atoms with Crippen molar-refractivity contribution in [3.05, 3.63) is 29.6 Å². The second-order valence-corrected chi connectivity index (χ2v) is 3.29. The Bertz CT molecular complexity index is 350. The summed E-state index contributed by atoms with van der Waals surface area (Å²) in [6, 6.07) is 3.78. The third-order valence-electron chi connectivity index (χ3n) is 1.66. The largest absolute Gasteiger partial charge is 0.478 e. The van der Waals surface area contributed by atoms with Crippen LogP contribution in [0, 0.1) is 5.82 Å². The van der Waals surface area contributed by atoms with E-state index in [9.17, 15) is 9.18 Å². The van der Waals surface area contributed by atoms with E-state index in [1.807, 2.05) is 13.8 Å². The van der Waals surface area contributed by atoms with Crippen LogP contribution in [0.25, 0.3) is 0 Å². The standard InChI is InChI=1S/C10H12FNO2/c1-6(2)12-9-4-3-7(11)5-8(9)10(13)14/h3-6,12H,1-2H3,(H,13,14). The fourth-order valence-corrected chi connectivity index (χ4v) is 1.13. The number of nitrogens with one attached hydrogen (secondary N) is 1. The van der Waals surface area contributed by atoms with E-state index in [0.29, 0.717) is 5.69 Å². The number of aromatic carboxylic acids is 1. The Balaban J connectivity index is 3.08. The van der Waals surface area contributed by atoms with Gasteiger partial charge < -0.3 is 10.4 Å². The molecule has 0 heterocycles. The van der Waals surface area contributed by atoms with Gasteiger partial charge in [-0.25, -0.2) is 9.18 Å². The fraction of sp³-hybridized carbons (Fsp3) is 0.300. The van der Waals surface area contributed by atoms with Crippen LogP contribution in [0.2, 0.25) is 0 Å². The van der Waals surface area contributed by atoms with E-state index in [-0.39, 0.29) is 11.6 Å². The minimum atomic E-state index is -1.13. The summed E-state index contributed by atoms with van der Waals surface area (Å²) in [5.41, 5.74) is 0.396. The molecular weight excluding hydrogens is 185 g/mol. The lowest BCUT2D eigenvalue weighted by molar-refractivity contribution is 0.0697. The van der Waals surface area contributed by atoms with E-state index in [1.165, 1.54) is 12.1 Å². The van der Waals surface area contributed by atoms with Crippen molar-refractivity contribution in [3.63, 3.8) is 0 Å². The molecule has 0 aliphatic rings. The second-order valence-electron chi connectivity index (χ2n) is 3.29. The number of carbonyl (C=O) groups is 1. The SMILES string of the molecule is CC(C)Nc1ccc(F)cc1C(=O)O. The summed E-state index contributed by atoms with van der Waals surface area (Å²) in [5, 5.41) is 11.7. The van der Waals surface area contributed by atoms with Crippen molar-refractivity contribution in [2.24, 2.45) is 0 Å². The van der Waals surface area contributed by atoms with E-state index in [4.69, 9.17) is 5.11 Å². The molecule has 4 heteroatoms. The first-order valence-electron chi connectivity index (χ1n) is 4.30. The third kappa shape index (κ3) is 2.45. The zero-order valence-electron chi connectivity index (χ0n) is 8.04. The van der Waals surface area contributed by atoms with E-state index in [2.05, 4.69) is 5.32 Å². The van der Waals surface area contributed by atoms with Crippen LogP contribution in [0.15, 0.2) is 18.2 Å². The van der Waals surface area contributed by atoms with Gasteiger partial charge in [-0.15, -0.1) is 0 Å². The van der Waals surface area contributed by atoms with Crippen LogP contribution in [0.5, 0.6) is 0 Å². The zero-order valence-corrected chi connectivity index (χ0v) is 8.04. The topological polar surface area (TPSA) is 49.3 Å². The molecule has 2 N–H and O–H groups in total. The molecule has 3 nitrogen and oxygen atoms in total. The highest BCUT2D eigenvalue weighted by Crippen LogP contribution is 2.17. The predicted molar refractivity (Wildman–Crippen MR) is 52.1 cm³/mol. The molecule has 1 rings (SSSR count). The number of benzene rings is 1. The summed E-state index contributed by atoms with van der Waals surface area (Å²) >= 11 is 0. The van der Waals surface area contributed by atoms with Crippen molar-refractivity contribution in [1.29, 1.82) is 0 Å². The monoisotopic (exact) mass is 197 g/mol. The highest BCUT2D eigenvalue weighted by atomic mass is 19.1. The lowest BCUT2D eigenvalue weighted by atomic mass is 10.1. The maximum atomic E-state index is 12.8. The Kier molecular flexibility index (Phi) is 3.06. The molecule has 0 aromatic heterocycles. The Hall–Kier alpha value is -1.58. The molecule has 0 amide bonds. The van der Waals surface area contributed by atoms with Crippen molar-refractivity contribution in [3.8, 4) is 0 Å². The highest BCUT2D eigenvalue weighted by molar-refractivity contribution is 5.94. The smallest absolute Gasteiger partial charge is 0.337 e. The minimum absolute atomic E-state index is 0.0429. The van der Waals surface area contributed by atoms with Gasteiger partial charge in [-0.05, 0) is 32.0 Å². The number of anilines is 1. The Morgan fingerprint density at radius 2 is 2.14 bits per heavy atom. The Morgan fingerprint density at radius 3 is 2.64 bits per heavy atom. The molecule has 0 saturated heterocycles. The van der Waals surface area contributed by atoms with Gasteiger partial charge in [-0.2, -0.15) is 0 Å². The number of carboxylic acid groups (broad SMARTS) is 1. The highest BCUT2D eigenvalue weighted by Gasteiger charge is 2.11. The van der Waals surface area contributed by atoms with Crippen molar-refractivity contribution < 1.29 is 14.3 Å². The summed E-state index contributed by atoms with van der Waals surface area (Å²) in [7, 11) is 0. The number of halogens is 1. The molecule has 76 valence electrons. The number of rotatable bonds is 3. The first-order chi connectivity index (χ1) is 6.50. The molecule has 0 aliphatic carbocycles. The number of hydrogen-bond donors (Lipinski definition) is 2. The molecule has 0 saturated carbocycles. The number of hydrogen-bond acceptors (Lipinski definition) is 2. The van der Waals surface area contributed by atoms with Gasteiger partial charge in [0.2, 0.25) is 0 Å². The van der Waals surface area contributed by atoms with E-state index in [0.717, 1.165) is 6.07 Å². The van der Waals surface area contributed by atoms with Crippen LogP contribution < -0.4 is 5.32 Å². The van der Waals surface area contributed by atoms with Gasteiger partial charge in [0.15, 0.2) is 0 Å². The van der Waals surface area contributed by atoms with E-state index >= 15 is 0 Å².